The van der Waals surface area contributed by atoms with Crippen molar-refractivity contribution in [3.05, 3.63) is 11.2 Å². The number of fused-ring (bicyclic) bond motifs is 1. The summed E-state index contributed by atoms with van der Waals surface area (Å²) in [7, 11) is -3.40. The van der Waals surface area contributed by atoms with Crippen LogP contribution in [-0.2, 0) is 19.5 Å². The van der Waals surface area contributed by atoms with Crippen molar-refractivity contribution in [2.75, 3.05) is 19.8 Å². The Kier molecular flexibility index (Phi) is 3.11. The summed E-state index contributed by atoms with van der Waals surface area (Å²) in [5.74, 6) is 0.576. The van der Waals surface area contributed by atoms with Crippen LogP contribution in [0, 0.1) is 5.92 Å². The highest BCUT2D eigenvalue weighted by molar-refractivity contribution is 7.91. The predicted octanol–water partition coefficient (Wildman–Crippen LogP) is 1.36. The van der Waals surface area contributed by atoms with E-state index in [4.69, 9.17) is 9.47 Å². The van der Waals surface area contributed by atoms with E-state index in [0.29, 0.717) is 34.9 Å². The molecule has 2 atom stereocenters. The number of thiazole rings is 1. The van der Waals surface area contributed by atoms with Crippen LogP contribution in [0.5, 0.6) is 0 Å². The number of piperidine rings is 1. The lowest BCUT2D eigenvalue weighted by atomic mass is 10.2. The molecule has 1 saturated carbocycles. The second-order valence-corrected chi connectivity index (χ2v) is 8.59. The monoisotopic (exact) mass is 316 g/mol. The van der Waals surface area contributed by atoms with Gasteiger partial charge in [0.2, 0.25) is 6.29 Å². The second kappa shape index (κ2) is 4.74. The maximum atomic E-state index is 12.7. The zero-order valence-corrected chi connectivity index (χ0v) is 12.5. The average molecular weight is 316 g/mol. The Labute approximate surface area is 121 Å². The molecule has 0 spiro atoms. The third-order valence-electron chi connectivity index (χ3n) is 4.10. The minimum absolute atomic E-state index is 0.221. The Hall–Kier alpha value is -0.540. The first-order chi connectivity index (χ1) is 9.66. The molecule has 2 unspecified atom stereocenters. The molecule has 0 radical (unpaired) electrons. The van der Waals surface area contributed by atoms with Crippen molar-refractivity contribution in [2.24, 2.45) is 5.92 Å². The van der Waals surface area contributed by atoms with Gasteiger partial charge < -0.3 is 9.47 Å². The van der Waals surface area contributed by atoms with Crippen molar-refractivity contribution in [1.82, 2.24) is 9.29 Å². The van der Waals surface area contributed by atoms with Gasteiger partial charge in [0.05, 0.1) is 19.4 Å². The number of rotatable bonds is 3. The minimum atomic E-state index is -3.40. The molecule has 0 bridgehead atoms. The number of sulfonamides is 1. The molecule has 1 aromatic heterocycles. The van der Waals surface area contributed by atoms with Crippen molar-refractivity contribution in [3.8, 4) is 0 Å². The van der Waals surface area contributed by atoms with E-state index in [0.717, 1.165) is 30.6 Å². The van der Waals surface area contributed by atoms with Gasteiger partial charge in [-0.15, -0.1) is 11.3 Å². The molecular weight excluding hydrogens is 300 g/mol. The van der Waals surface area contributed by atoms with Gasteiger partial charge in [-0.05, 0) is 25.2 Å². The number of hydrogen-bond acceptors (Lipinski definition) is 6. The van der Waals surface area contributed by atoms with Gasteiger partial charge in [0.25, 0.3) is 10.0 Å². The first-order valence-corrected chi connectivity index (χ1v) is 9.13. The van der Waals surface area contributed by atoms with Gasteiger partial charge in [0, 0.05) is 12.6 Å². The summed E-state index contributed by atoms with van der Waals surface area (Å²) in [6, 6.07) is 0.221. The van der Waals surface area contributed by atoms with Crippen molar-refractivity contribution < 1.29 is 17.9 Å². The van der Waals surface area contributed by atoms with Gasteiger partial charge in [0.15, 0.2) is 9.22 Å². The van der Waals surface area contributed by atoms with Gasteiger partial charge in [-0.1, -0.05) is 0 Å². The van der Waals surface area contributed by atoms with E-state index in [1.807, 2.05) is 0 Å². The van der Waals surface area contributed by atoms with E-state index in [-0.39, 0.29) is 6.04 Å². The summed E-state index contributed by atoms with van der Waals surface area (Å²) in [6.45, 7) is 1.69. The third-order valence-corrected chi connectivity index (χ3v) is 7.48. The van der Waals surface area contributed by atoms with Gasteiger partial charge >= 0.3 is 0 Å². The fourth-order valence-electron chi connectivity index (χ4n) is 2.99. The van der Waals surface area contributed by atoms with Gasteiger partial charge in [-0.3, -0.25) is 0 Å². The van der Waals surface area contributed by atoms with E-state index >= 15 is 0 Å². The van der Waals surface area contributed by atoms with Crippen molar-refractivity contribution in [1.29, 1.82) is 0 Å². The second-order valence-electron chi connectivity index (χ2n) is 5.41. The molecule has 4 rings (SSSR count). The fraction of sp³-hybridized carbons (Fsp3) is 0.750. The third kappa shape index (κ3) is 2.10. The Bertz CT molecular complexity index is 609. The maximum Gasteiger partial charge on any atom is 0.254 e. The SMILES string of the molecule is O=S(=O)(c1cnc(C2OCCO2)s1)N1CCCC2CC21. The van der Waals surface area contributed by atoms with Crippen LogP contribution in [0.25, 0.3) is 0 Å². The molecule has 0 N–H and O–H groups in total. The first kappa shape index (κ1) is 13.1. The van der Waals surface area contributed by atoms with Crippen molar-refractivity contribution in [2.45, 2.75) is 35.8 Å². The first-order valence-electron chi connectivity index (χ1n) is 6.87. The largest absolute Gasteiger partial charge is 0.344 e. The van der Waals surface area contributed by atoms with Crippen LogP contribution in [0.3, 0.4) is 0 Å². The number of nitrogens with zero attached hydrogens (tertiary/aromatic N) is 2. The van der Waals surface area contributed by atoms with Gasteiger partial charge in [-0.2, -0.15) is 4.31 Å². The highest BCUT2D eigenvalue weighted by atomic mass is 32.2. The lowest BCUT2D eigenvalue weighted by molar-refractivity contribution is -0.0442. The Morgan fingerprint density at radius 3 is 2.95 bits per heavy atom. The van der Waals surface area contributed by atoms with E-state index in [1.54, 1.807) is 4.31 Å². The Morgan fingerprint density at radius 1 is 1.35 bits per heavy atom. The van der Waals surface area contributed by atoms with E-state index in [9.17, 15) is 8.42 Å². The van der Waals surface area contributed by atoms with E-state index in [1.165, 1.54) is 6.20 Å². The molecule has 8 heteroatoms. The normalized spacial score (nSPS) is 31.4. The summed E-state index contributed by atoms with van der Waals surface area (Å²) in [4.78, 5) is 4.16. The molecule has 2 aliphatic heterocycles. The van der Waals surface area contributed by atoms with Crippen LogP contribution in [0.4, 0.5) is 0 Å². The summed E-state index contributed by atoms with van der Waals surface area (Å²) in [5.41, 5.74) is 0. The minimum Gasteiger partial charge on any atom is -0.344 e. The number of hydrogen-bond donors (Lipinski definition) is 0. The smallest absolute Gasteiger partial charge is 0.254 e. The molecule has 6 nitrogen and oxygen atoms in total. The van der Waals surface area contributed by atoms with Crippen LogP contribution in [-0.4, -0.2) is 43.5 Å². The number of ether oxygens (including phenoxy) is 2. The molecule has 3 heterocycles. The highest BCUT2D eigenvalue weighted by Gasteiger charge is 2.49. The maximum absolute atomic E-state index is 12.7. The summed E-state index contributed by atoms with van der Waals surface area (Å²) in [5, 5.41) is 0.588. The van der Waals surface area contributed by atoms with Crippen LogP contribution < -0.4 is 0 Å². The molecular formula is C12H16N2O4S2. The zero-order valence-electron chi connectivity index (χ0n) is 10.9. The summed E-state index contributed by atoms with van der Waals surface area (Å²) in [6.07, 6.45) is 4.07. The molecule has 0 amide bonds. The average Bonchev–Trinajstić information content (AvgIpc) is 2.87. The highest BCUT2D eigenvalue weighted by Crippen LogP contribution is 2.46. The van der Waals surface area contributed by atoms with Gasteiger partial charge in [0.1, 0.15) is 0 Å². The molecule has 110 valence electrons. The summed E-state index contributed by atoms with van der Waals surface area (Å²) >= 11 is 1.16. The quantitative estimate of drug-likeness (QED) is 0.842. The standard InChI is InChI=1S/C12H16N2O4S2/c15-20(16,14-3-1-2-8-6-9(8)14)10-7-13-11(19-10)12-17-4-5-18-12/h7-9,12H,1-6H2. The lowest BCUT2D eigenvalue weighted by Crippen LogP contribution is -2.36. The Morgan fingerprint density at radius 2 is 2.15 bits per heavy atom. The molecule has 1 aromatic rings. The fourth-order valence-corrected chi connectivity index (χ4v) is 6.00. The molecule has 1 aliphatic carbocycles. The molecule has 0 aromatic carbocycles. The molecule has 2 saturated heterocycles. The van der Waals surface area contributed by atoms with E-state index < -0.39 is 16.3 Å². The molecule has 3 aliphatic rings. The van der Waals surface area contributed by atoms with Crippen LogP contribution in [0.1, 0.15) is 30.6 Å². The van der Waals surface area contributed by atoms with Crippen LogP contribution in [0.2, 0.25) is 0 Å². The van der Waals surface area contributed by atoms with Crippen molar-refractivity contribution >= 4 is 21.4 Å². The van der Waals surface area contributed by atoms with E-state index in [2.05, 4.69) is 4.98 Å². The molecule has 3 fully saturated rings. The summed E-state index contributed by atoms with van der Waals surface area (Å²) < 4.78 is 38.0. The predicted molar refractivity (Wildman–Crippen MR) is 71.8 cm³/mol. The zero-order chi connectivity index (χ0) is 13.7. The molecule has 20 heavy (non-hydrogen) atoms. The number of aromatic nitrogens is 1. The van der Waals surface area contributed by atoms with Crippen LogP contribution >= 0.6 is 11.3 Å². The topological polar surface area (TPSA) is 68.7 Å². The Balaban J connectivity index is 1.59. The lowest BCUT2D eigenvalue weighted by Gasteiger charge is -2.24. The van der Waals surface area contributed by atoms with Crippen LogP contribution in [0.15, 0.2) is 10.4 Å². The van der Waals surface area contributed by atoms with Gasteiger partial charge in [-0.25, -0.2) is 13.4 Å². The van der Waals surface area contributed by atoms with Crippen molar-refractivity contribution in [3.63, 3.8) is 0 Å².